The van der Waals surface area contributed by atoms with E-state index in [-0.39, 0.29) is 24.9 Å². The van der Waals surface area contributed by atoms with Crippen LogP contribution in [0.1, 0.15) is 17.0 Å². The molecule has 0 saturated carbocycles. The number of benzene rings is 2. The van der Waals surface area contributed by atoms with Gasteiger partial charge >= 0.3 is 6.09 Å². The summed E-state index contributed by atoms with van der Waals surface area (Å²) in [6.45, 7) is 0.344. The van der Waals surface area contributed by atoms with Crippen LogP contribution in [0.25, 0.3) is 11.1 Å². The average Bonchev–Trinajstić information content (AvgIpc) is 2.92. The van der Waals surface area contributed by atoms with Crippen LogP contribution in [-0.4, -0.2) is 36.3 Å². The summed E-state index contributed by atoms with van der Waals surface area (Å²) in [7, 11) is 0. The van der Waals surface area contributed by atoms with Gasteiger partial charge in [-0.2, -0.15) is 0 Å². The van der Waals surface area contributed by atoms with Gasteiger partial charge in [-0.05, 0) is 22.3 Å². The Kier molecular flexibility index (Phi) is 4.84. The molecule has 1 aliphatic carbocycles. The predicted molar refractivity (Wildman–Crippen MR) is 89.8 cm³/mol. The van der Waals surface area contributed by atoms with Gasteiger partial charge in [0.25, 0.3) is 0 Å². The monoisotopic (exact) mass is 331 g/mol. The summed E-state index contributed by atoms with van der Waals surface area (Å²) in [6.07, 6.45) is -1.31. The van der Waals surface area contributed by atoms with Gasteiger partial charge in [-0.1, -0.05) is 48.5 Å². The number of carbonyl (C=O) groups is 1. The maximum absolute atomic E-state index is 11.8. The molecule has 0 fully saturated rings. The van der Waals surface area contributed by atoms with E-state index in [0.717, 1.165) is 0 Å². The number of fused-ring (bicyclic) bond motifs is 3. The van der Waals surface area contributed by atoms with E-state index in [0.29, 0.717) is 0 Å². The molecular formula is C18H18ClNO3. The lowest BCUT2D eigenvalue weighted by Crippen LogP contribution is -2.34. The third kappa shape index (κ3) is 3.33. The maximum atomic E-state index is 11.8. The molecule has 2 aromatic carbocycles. The molecule has 0 unspecified atom stereocenters. The van der Waals surface area contributed by atoms with Crippen LogP contribution in [0.4, 0.5) is 4.79 Å². The van der Waals surface area contributed by atoms with Gasteiger partial charge in [0.2, 0.25) is 0 Å². The minimum atomic E-state index is -0.767. The van der Waals surface area contributed by atoms with E-state index < -0.39 is 12.2 Å². The van der Waals surface area contributed by atoms with E-state index in [1.165, 1.54) is 22.3 Å². The van der Waals surface area contributed by atoms with Crippen molar-refractivity contribution in [1.29, 1.82) is 0 Å². The molecular weight excluding hydrogens is 314 g/mol. The molecule has 5 heteroatoms. The molecule has 1 amide bonds. The third-order valence-corrected chi connectivity index (χ3v) is 4.36. The Bertz CT molecular complexity index is 659. The Morgan fingerprint density at radius 1 is 1.13 bits per heavy atom. The van der Waals surface area contributed by atoms with Crippen molar-refractivity contribution in [3.8, 4) is 11.1 Å². The molecule has 0 bridgehead atoms. The quantitative estimate of drug-likeness (QED) is 0.828. The summed E-state index contributed by atoms with van der Waals surface area (Å²) in [6, 6.07) is 16.3. The molecule has 1 atom stereocenters. The molecule has 120 valence electrons. The van der Waals surface area contributed by atoms with E-state index in [1.54, 1.807) is 0 Å². The first-order valence-electron chi connectivity index (χ1n) is 7.53. The zero-order valence-electron chi connectivity index (χ0n) is 12.5. The number of alkyl carbamates (subject to hydrolysis) is 1. The standard InChI is InChI=1S/C18H18ClNO3/c19-9-12(21)10-20-18(22)23-11-17-15-7-3-1-5-13(15)14-6-2-4-8-16(14)17/h1-8,12,17,21H,9-11H2,(H,20,22)/t12-/m0/s1. The van der Waals surface area contributed by atoms with Crippen molar-refractivity contribution in [3.05, 3.63) is 59.7 Å². The van der Waals surface area contributed by atoms with Crippen LogP contribution >= 0.6 is 11.6 Å². The first-order valence-corrected chi connectivity index (χ1v) is 8.07. The predicted octanol–water partition coefficient (Wildman–Crippen LogP) is 3.12. The zero-order chi connectivity index (χ0) is 16.2. The van der Waals surface area contributed by atoms with E-state index >= 15 is 0 Å². The van der Waals surface area contributed by atoms with Crippen molar-refractivity contribution < 1.29 is 14.6 Å². The number of hydrogen-bond donors (Lipinski definition) is 2. The first kappa shape index (κ1) is 15.8. The lowest BCUT2D eigenvalue weighted by atomic mass is 9.98. The second kappa shape index (κ2) is 7.02. The van der Waals surface area contributed by atoms with E-state index in [4.69, 9.17) is 16.3 Å². The summed E-state index contributed by atoms with van der Waals surface area (Å²) in [5, 5.41) is 11.9. The Hall–Kier alpha value is -2.04. The molecule has 23 heavy (non-hydrogen) atoms. The highest BCUT2D eigenvalue weighted by Crippen LogP contribution is 2.44. The molecule has 2 N–H and O–H groups in total. The van der Waals surface area contributed by atoms with Crippen molar-refractivity contribution >= 4 is 17.7 Å². The number of ether oxygens (including phenoxy) is 1. The minimum Gasteiger partial charge on any atom is -0.449 e. The Morgan fingerprint density at radius 3 is 2.26 bits per heavy atom. The summed E-state index contributed by atoms with van der Waals surface area (Å²) in [5.74, 6) is 0.106. The number of rotatable bonds is 5. The smallest absolute Gasteiger partial charge is 0.407 e. The van der Waals surface area contributed by atoms with Crippen LogP contribution in [0, 0.1) is 0 Å². The molecule has 0 aliphatic heterocycles. The van der Waals surface area contributed by atoms with Gasteiger partial charge in [0.15, 0.2) is 0 Å². The number of carbonyl (C=O) groups excluding carboxylic acids is 1. The number of aliphatic hydroxyl groups is 1. The van der Waals surface area contributed by atoms with E-state index in [2.05, 4.69) is 29.6 Å². The SMILES string of the molecule is O=C(NC[C@@H](O)CCl)OCC1c2ccccc2-c2ccccc21. The van der Waals surface area contributed by atoms with E-state index in [9.17, 15) is 9.90 Å². The van der Waals surface area contributed by atoms with Crippen LogP contribution < -0.4 is 5.32 Å². The van der Waals surface area contributed by atoms with Crippen molar-refractivity contribution in [2.45, 2.75) is 12.0 Å². The van der Waals surface area contributed by atoms with E-state index in [1.807, 2.05) is 24.3 Å². The minimum absolute atomic E-state index is 0.0334. The zero-order valence-corrected chi connectivity index (χ0v) is 13.3. The summed E-state index contributed by atoms with van der Waals surface area (Å²) < 4.78 is 5.33. The Morgan fingerprint density at radius 2 is 1.70 bits per heavy atom. The second-order valence-electron chi connectivity index (χ2n) is 5.51. The lowest BCUT2D eigenvalue weighted by molar-refractivity contribution is 0.132. The van der Waals surface area contributed by atoms with Crippen LogP contribution in [-0.2, 0) is 4.74 Å². The molecule has 1 aliphatic rings. The fourth-order valence-corrected chi connectivity index (χ4v) is 3.01. The lowest BCUT2D eigenvalue weighted by Gasteiger charge is -2.15. The fourth-order valence-electron chi connectivity index (χ4n) is 2.91. The maximum Gasteiger partial charge on any atom is 0.407 e. The van der Waals surface area contributed by atoms with Crippen LogP contribution in [0.2, 0.25) is 0 Å². The van der Waals surface area contributed by atoms with Crippen LogP contribution in [0.15, 0.2) is 48.5 Å². The third-order valence-electron chi connectivity index (χ3n) is 4.00. The Labute approximate surface area is 140 Å². The number of alkyl halides is 1. The van der Waals surface area contributed by atoms with Crippen molar-refractivity contribution in [2.24, 2.45) is 0 Å². The topological polar surface area (TPSA) is 58.6 Å². The van der Waals surface area contributed by atoms with Crippen LogP contribution in [0.3, 0.4) is 0 Å². The largest absolute Gasteiger partial charge is 0.449 e. The van der Waals surface area contributed by atoms with Gasteiger partial charge in [-0.3, -0.25) is 0 Å². The second-order valence-corrected chi connectivity index (χ2v) is 5.82. The van der Waals surface area contributed by atoms with Gasteiger partial charge in [0.1, 0.15) is 6.61 Å². The number of aliphatic hydroxyl groups excluding tert-OH is 1. The summed E-state index contributed by atoms with van der Waals surface area (Å²) >= 11 is 5.49. The van der Waals surface area contributed by atoms with Crippen molar-refractivity contribution in [2.75, 3.05) is 19.0 Å². The molecule has 0 heterocycles. The highest BCUT2D eigenvalue weighted by atomic mass is 35.5. The number of hydrogen-bond acceptors (Lipinski definition) is 3. The molecule has 0 radical (unpaired) electrons. The fraction of sp³-hybridized carbons (Fsp3) is 0.278. The highest BCUT2D eigenvalue weighted by molar-refractivity contribution is 6.18. The normalized spacial score (nSPS) is 14.0. The van der Waals surface area contributed by atoms with Gasteiger partial charge in [0, 0.05) is 12.5 Å². The molecule has 0 saturated heterocycles. The van der Waals surface area contributed by atoms with Gasteiger partial charge < -0.3 is 15.2 Å². The molecule has 3 rings (SSSR count). The highest BCUT2D eigenvalue weighted by Gasteiger charge is 2.28. The number of amides is 1. The van der Waals surface area contributed by atoms with Gasteiger partial charge in [-0.25, -0.2) is 4.79 Å². The van der Waals surface area contributed by atoms with Gasteiger partial charge in [0.05, 0.1) is 12.0 Å². The molecule has 0 spiro atoms. The summed E-state index contributed by atoms with van der Waals surface area (Å²) in [4.78, 5) is 11.8. The van der Waals surface area contributed by atoms with Crippen LogP contribution in [0.5, 0.6) is 0 Å². The molecule has 4 nitrogen and oxygen atoms in total. The first-order chi connectivity index (χ1) is 11.2. The number of halogens is 1. The molecule has 0 aromatic heterocycles. The Balaban J connectivity index is 1.70. The van der Waals surface area contributed by atoms with Crippen molar-refractivity contribution in [3.63, 3.8) is 0 Å². The summed E-state index contributed by atoms with van der Waals surface area (Å²) in [5.41, 5.74) is 4.72. The molecule has 2 aromatic rings. The number of nitrogens with one attached hydrogen (secondary N) is 1. The van der Waals surface area contributed by atoms with Crippen molar-refractivity contribution in [1.82, 2.24) is 5.32 Å². The van der Waals surface area contributed by atoms with Gasteiger partial charge in [-0.15, -0.1) is 11.6 Å². The average molecular weight is 332 g/mol.